The molecule has 6 nitrogen and oxygen atoms in total. The van der Waals surface area contributed by atoms with Gasteiger partial charge in [0.15, 0.2) is 0 Å². The van der Waals surface area contributed by atoms with E-state index >= 15 is 0 Å². The molecular formula is C26H58O6S8Si2. The van der Waals surface area contributed by atoms with Crippen LogP contribution in [0.2, 0.25) is 12.1 Å². The Hall–Kier alpha value is 2.99. The molecule has 0 amide bonds. The lowest BCUT2D eigenvalue weighted by atomic mass is 10.4. The molecule has 254 valence electrons. The van der Waals surface area contributed by atoms with Gasteiger partial charge in [0.1, 0.15) is 0 Å². The molecule has 0 bridgehead atoms. The third kappa shape index (κ3) is 24.2. The minimum absolute atomic E-state index is 0.513. The topological polar surface area (TPSA) is 55.4 Å². The fraction of sp³-hybridized carbons (Fsp3) is 1.00. The highest BCUT2D eigenvalue weighted by molar-refractivity contribution is 9.48. The molecule has 2 atom stereocenters. The van der Waals surface area contributed by atoms with Crippen molar-refractivity contribution in [1.29, 1.82) is 0 Å². The molecule has 0 fully saturated rings. The zero-order chi connectivity index (χ0) is 31.4. The van der Waals surface area contributed by atoms with Gasteiger partial charge in [-0.1, -0.05) is 77.0 Å². The molecule has 0 spiro atoms. The van der Waals surface area contributed by atoms with Crippen molar-refractivity contribution in [2.45, 2.75) is 129 Å². The van der Waals surface area contributed by atoms with Gasteiger partial charge in [-0.15, -0.1) is 0 Å². The van der Waals surface area contributed by atoms with Gasteiger partial charge in [-0.3, -0.25) is 0 Å². The Labute approximate surface area is 291 Å². The van der Waals surface area contributed by atoms with Crippen LogP contribution in [0.4, 0.5) is 0 Å². The van der Waals surface area contributed by atoms with E-state index in [9.17, 15) is 0 Å². The summed E-state index contributed by atoms with van der Waals surface area (Å²) in [4.78, 5) is 0. The predicted octanol–water partition coefficient (Wildman–Crippen LogP) is 12.3. The molecule has 0 aliphatic rings. The predicted molar refractivity (Wildman–Crippen MR) is 207 cm³/mol. The van der Waals surface area contributed by atoms with E-state index < -0.39 is 17.6 Å². The second-order valence-corrected chi connectivity index (χ2v) is 29.0. The Morgan fingerprint density at radius 3 is 0.881 bits per heavy atom. The summed E-state index contributed by atoms with van der Waals surface area (Å²) >= 11 is 0. The van der Waals surface area contributed by atoms with Crippen LogP contribution in [0.15, 0.2) is 0 Å². The molecule has 0 aromatic carbocycles. The first kappa shape index (κ1) is 45.0. The molecule has 0 aromatic heterocycles. The third-order valence-corrected chi connectivity index (χ3v) is 27.3. The van der Waals surface area contributed by atoms with Crippen LogP contribution < -0.4 is 0 Å². The molecule has 0 N–H and O–H groups in total. The number of hydrogen-bond donors (Lipinski definition) is 0. The minimum atomic E-state index is -2.60. The van der Waals surface area contributed by atoms with Crippen LogP contribution in [0, 0.1) is 0 Å². The molecule has 0 heterocycles. The molecule has 42 heavy (non-hydrogen) atoms. The molecule has 16 heteroatoms. The largest absolute Gasteiger partial charge is 0.500 e. The van der Waals surface area contributed by atoms with Gasteiger partial charge in [0, 0.05) is 62.2 Å². The van der Waals surface area contributed by atoms with E-state index in [-0.39, 0.29) is 0 Å². The molecule has 0 saturated heterocycles. The van der Waals surface area contributed by atoms with Crippen LogP contribution in [-0.4, -0.2) is 67.8 Å². The van der Waals surface area contributed by atoms with Crippen molar-refractivity contribution in [3.63, 3.8) is 0 Å². The Balaban J connectivity index is 4.29. The van der Waals surface area contributed by atoms with Crippen LogP contribution in [-0.2, 0) is 26.6 Å². The molecule has 0 aromatic rings. The molecule has 0 aliphatic carbocycles. The van der Waals surface area contributed by atoms with Crippen molar-refractivity contribution >= 4 is 98.2 Å². The monoisotopic (exact) mass is 778 g/mol. The fourth-order valence-corrected chi connectivity index (χ4v) is 27.8. The maximum Gasteiger partial charge on any atom is 0.500 e. The lowest BCUT2D eigenvalue weighted by molar-refractivity contribution is 0.0582. The second-order valence-electron chi connectivity index (χ2n) is 9.76. The average Bonchev–Trinajstić information content (AvgIpc) is 3.00. The summed E-state index contributed by atoms with van der Waals surface area (Å²) in [5.74, 6) is 0. The molecule has 0 radical (unpaired) electrons. The first-order chi connectivity index (χ1) is 20.4. The van der Waals surface area contributed by atoms with Crippen molar-refractivity contribution in [2.75, 3.05) is 39.6 Å². The Morgan fingerprint density at radius 1 is 0.405 bits per heavy atom. The van der Waals surface area contributed by atoms with E-state index in [4.69, 9.17) is 26.6 Å². The van der Waals surface area contributed by atoms with E-state index in [0.717, 1.165) is 63.5 Å². The van der Waals surface area contributed by atoms with E-state index in [1.54, 1.807) is 0 Å². The first-order valence-corrected chi connectivity index (χ1v) is 29.7. The summed E-state index contributed by atoms with van der Waals surface area (Å²) in [6, 6.07) is 1.78. The molecule has 0 rings (SSSR count). The number of hydrogen-bond acceptors (Lipinski definition) is 14. The summed E-state index contributed by atoms with van der Waals surface area (Å²) in [6.07, 6.45) is 7.98. The van der Waals surface area contributed by atoms with Gasteiger partial charge in [0.05, 0.1) is 0 Å². The lowest BCUT2D eigenvalue weighted by Crippen LogP contribution is -2.47. The molecular weight excluding hydrogens is 721 g/mol. The normalized spacial score (nSPS) is 14.0. The van der Waals surface area contributed by atoms with Gasteiger partial charge in [-0.05, 0) is 110 Å². The zero-order valence-electron chi connectivity index (χ0n) is 27.2. The summed E-state index contributed by atoms with van der Waals surface area (Å²) in [6.45, 7) is 21.7. The molecule has 0 aliphatic heterocycles. The summed E-state index contributed by atoms with van der Waals surface area (Å²) in [5.41, 5.74) is 0. The van der Waals surface area contributed by atoms with Gasteiger partial charge < -0.3 is 26.6 Å². The zero-order valence-corrected chi connectivity index (χ0v) is 35.7. The summed E-state index contributed by atoms with van der Waals surface area (Å²) in [7, 11) is 9.73. The first-order valence-electron chi connectivity index (χ1n) is 15.5. The van der Waals surface area contributed by atoms with Gasteiger partial charge in [-0.25, -0.2) is 0 Å². The number of rotatable bonds is 33. The average molecular weight is 779 g/mol. The van der Waals surface area contributed by atoms with Crippen LogP contribution in [0.25, 0.3) is 0 Å². The summed E-state index contributed by atoms with van der Waals surface area (Å²) < 4.78 is 37.5. The van der Waals surface area contributed by atoms with Crippen molar-refractivity contribution in [3.05, 3.63) is 0 Å². The lowest BCUT2D eigenvalue weighted by Gasteiger charge is -2.30. The van der Waals surface area contributed by atoms with E-state index in [1.807, 2.05) is 80.5 Å². The maximum absolute atomic E-state index is 6.25. The third-order valence-electron chi connectivity index (χ3n) is 5.42. The summed E-state index contributed by atoms with van der Waals surface area (Å²) in [5, 5.41) is 1.03. The minimum Gasteiger partial charge on any atom is -0.373 e. The van der Waals surface area contributed by atoms with Gasteiger partial charge in [0.25, 0.3) is 0 Å². The highest BCUT2D eigenvalue weighted by atomic mass is 34.0. The van der Waals surface area contributed by atoms with Crippen molar-refractivity contribution in [2.24, 2.45) is 0 Å². The van der Waals surface area contributed by atoms with E-state index in [2.05, 4.69) is 55.4 Å². The van der Waals surface area contributed by atoms with Gasteiger partial charge >= 0.3 is 17.6 Å². The highest BCUT2D eigenvalue weighted by Gasteiger charge is 2.42. The van der Waals surface area contributed by atoms with Crippen molar-refractivity contribution < 1.29 is 26.6 Å². The molecule has 0 saturated carbocycles. The van der Waals surface area contributed by atoms with Crippen LogP contribution in [0.3, 0.4) is 0 Å². The van der Waals surface area contributed by atoms with Crippen LogP contribution in [0.1, 0.15) is 107 Å². The fourth-order valence-electron chi connectivity index (χ4n) is 3.30. The highest BCUT2D eigenvalue weighted by Crippen LogP contribution is 2.58. The smallest absolute Gasteiger partial charge is 0.373 e. The SMILES string of the molecule is CCCO[Si](CCC(C)SSSSSSSSC(C)CC[Si](OCCC)(OCCC)OCCC)(OCCC)OCCC. The quantitative estimate of drug-likeness (QED) is 0.0361. The van der Waals surface area contributed by atoms with Crippen LogP contribution in [0.5, 0.6) is 0 Å². The maximum atomic E-state index is 6.25. The Morgan fingerprint density at radius 2 is 0.643 bits per heavy atom. The standard InChI is InChI=1S/C26H58O6S8Si2/c1-9-17-27-41(28-18-10-2,29-19-11-3)23-15-25(7)33-35-37-39-40-38-36-34-26(8)16-24-42(30-20-12-4,31-21-13-5)32-22-14-6/h25-26H,9-24H2,1-8H3. The Bertz CT molecular complexity index is 503. The Kier molecular flexibility index (Phi) is 33.5. The van der Waals surface area contributed by atoms with E-state index in [1.165, 1.54) is 0 Å². The van der Waals surface area contributed by atoms with Crippen molar-refractivity contribution in [3.8, 4) is 0 Å². The van der Waals surface area contributed by atoms with Crippen LogP contribution >= 0.6 is 80.5 Å². The van der Waals surface area contributed by atoms with E-state index in [0.29, 0.717) is 50.1 Å². The van der Waals surface area contributed by atoms with Gasteiger partial charge in [0.2, 0.25) is 0 Å². The second kappa shape index (κ2) is 31.3. The van der Waals surface area contributed by atoms with Gasteiger partial charge in [-0.2, -0.15) is 0 Å². The van der Waals surface area contributed by atoms with Crippen molar-refractivity contribution in [1.82, 2.24) is 0 Å². The molecule has 2 unspecified atom stereocenters.